The van der Waals surface area contributed by atoms with Crippen molar-refractivity contribution in [2.75, 3.05) is 19.6 Å². The highest BCUT2D eigenvalue weighted by molar-refractivity contribution is 5.98. The molecule has 3 aliphatic rings. The zero-order chi connectivity index (χ0) is 40.3. The van der Waals surface area contributed by atoms with Gasteiger partial charge in [0.2, 0.25) is 35.4 Å². The number of nitrogens with one attached hydrogen (secondary N) is 5. The Labute approximate surface area is 312 Å². The second kappa shape index (κ2) is 20.0. The molecule has 0 spiro atoms. The second-order valence-electron chi connectivity index (χ2n) is 14.4. The molecule has 0 unspecified atom stereocenters. The molecule has 54 heavy (non-hydrogen) atoms. The van der Waals surface area contributed by atoms with Gasteiger partial charge in [0.05, 0.1) is 18.6 Å². The first-order chi connectivity index (χ1) is 25.4. The number of carbonyl (C=O) groups excluding carboxylic acids is 6. The topological polar surface area (TPSA) is 301 Å². The highest BCUT2D eigenvalue weighted by Crippen LogP contribution is 2.22. The third-order valence-electron chi connectivity index (χ3n) is 9.69. The van der Waals surface area contributed by atoms with Crippen molar-refractivity contribution in [3.8, 4) is 0 Å². The smallest absolute Gasteiger partial charge is 0.328 e. The van der Waals surface area contributed by atoms with Crippen molar-refractivity contribution in [3.63, 3.8) is 0 Å². The molecule has 0 aromatic heterocycles. The number of carboxylic acids is 3. The van der Waals surface area contributed by atoms with Crippen LogP contribution in [0.25, 0.3) is 0 Å². The Morgan fingerprint density at radius 2 is 1.24 bits per heavy atom. The number of amides is 6. The van der Waals surface area contributed by atoms with Gasteiger partial charge in [0, 0.05) is 19.5 Å². The lowest BCUT2D eigenvalue weighted by Crippen LogP contribution is -2.60. The molecule has 20 heteroatoms. The molecule has 0 bridgehead atoms. The molecule has 3 heterocycles. The summed E-state index contributed by atoms with van der Waals surface area (Å²) in [6, 6.07) is -8.68. The van der Waals surface area contributed by atoms with Crippen LogP contribution in [0.1, 0.15) is 85.0 Å². The molecule has 0 aliphatic carbocycles. The fraction of sp³-hybridized carbons (Fsp3) is 0.735. The summed E-state index contributed by atoms with van der Waals surface area (Å²) in [7, 11) is 0. The summed E-state index contributed by atoms with van der Waals surface area (Å²) in [5, 5.41) is 51.0. The van der Waals surface area contributed by atoms with Crippen molar-refractivity contribution in [2.45, 2.75) is 133 Å². The molecule has 302 valence electrons. The average Bonchev–Trinajstić information content (AvgIpc) is 3.89. The van der Waals surface area contributed by atoms with E-state index in [1.165, 1.54) is 11.8 Å². The molecule has 8 atom stereocenters. The number of rotatable bonds is 19. The molecular weight excluding hydrogens is 714 g/mol. The van der Waals surface area contributed by atoms with Crippen molar-refractivity contribution in [2.24, 2.45) is 5.92 Å². The fourth-order valence-electron chi connectivity index (χ4n) is 6.97. The van der Waals surface area contributed by atoms with Gasteiger partial charge in [0.1, 0.15) is 30.2 Å². The number of hydrogen-bond donors (Lipinski definition) is 9. The Kier molecular flexibility index (Phi) is 16.1. The number of carbonyl (C=O) groups is 9. The van der Waals surface area contributed by atoms with Crippen LogP contribution in [0.15, 0.2) is 0 Å². The summed E-state index contributed by atoms with van der Waals surface area (Å²) in [5.74, 6) is -8.78. The van der Waals surface area contributed by atoms with Gasteiger partial charge in [-0.3, -0.25) is 38.4 Å². The van der Waals surface area contributed by atoms with Gasteiger partial charge in [0.15, 0.2) is 6.04 Å². The van der Waals surface area contributed by atoms with Gasteiger partial charge in [-0.05, 0) is 70.8 Å². The highest BCUT2D eigenvalue weighted by atomic mass is 16.4. The van der Waals surface area contributed by atoms with E-state index >= 15 is 0 Å². The first-order valence-electron chi connectivity index (χ1n) is 18.3. The normalized spacial score (nSPS) is 22.4. The van der Waals surface area contributed by atoms with Gasteiger partial charge < -0.3 is 56.8 Å². The van der Waals surface area contributed by atoms with E-state index in [-0.39, 0.29) is 44.7 Å². The van der Waals surface area contributed by atoms with E-state index in [9.17, 15) is 63.6 Å². The molecule has 3 aliphatic heterocycles. The van der Waals surface area contributed by atoms with Crippen LogP contribution in [-0.4, -0.2) is 152 Å². The summed E-state index contributed by atoms with van der Waals surface area (Å²) in [4.78, 5) is 118. The van der Waals surface area contributed by atoms with Gasteiger partial charge in [-0.15, -0.1) is 0 Å². The second-order valence-corrected chi connectivity index (χ2v) is 14.4. The Hall–Kier alpha value is -4.85. The van der Waals surface area contributed by atoms with Gasteiger partial charge in [-0.2, -0.15) is 0 Å². The number of aliphatic hydroxyl groups excluding tert-OH is 1. The fourth-order valence-corrected chi connectivity index (χ4v) is 6.97. The van der Waals surface area contributed by atoms with Crippen molar-refractivity contribution in [1.29, 1.82) is 0 Å². The van der Waals surface area contributed by atoms with Crippen LogP contribution in [-0.2, 0) is 43.2 Å². The molecule has 9 N–H and O–H groups in total. The largest absolute Gasteiger partial charge is 0.481 e. The molecule has 20 nitrogen and oxygen atoms in total. The SMILES string of the molecule is CC(C)C[C@H](NC(=O)[C@@H]1CCCN1C(=O)[C@H](CC(=O)O)NC(=O)[C@@H]1CCCN1)C(=O)N[C@@H](CCC(=O)O)C(=O)N1CCC[C@H]1C(=O)N[C@H](C(=O)O)[C@@H](C)O. The number of aliphatic carboxylic acids is 3. The monoisotopic (exact) mass is 767 g/mol. The molecule has 0 aromatic rings. The summed E-state index contributed by atoms with van der Waals surface area (Å²) in [5.41, 5.74) is 0. The third-order valence-corrected chi connectivity index (χ3v) is 9.69. The van der Waals surface area contributed by atoms with Gasteiger partial charge >= 0.3 is 17.9 Å². The number of likely N-dealkylation sites (tertiary alicyclic amines) is 2. The first kappa shape index (κ1) is 43.6. The van der Waals surface area contributed by atoms with Crippen molar-refractivity contribution < 1.29 is 63.6 Å². The molecular formula is C34H53N7O13. The molecule has 3 saturated heterocycles. The van der Waals surface area contributed by atoms with Crippen LogP contribution in [0.4, 0.5) is 0 Å². The maximum Gasteiger partial charge on any atom is 0.328 e. The minimum atomic E-state index is -1.65. The van der Waals surface area contributed by atoms with Crippen molar-refractivity contribution in [1.82, 2.24) is 36.4 Å². The van der Waals surface area contributed by atoms with Crippen molar-refractivity contribution >= 4 is 53.4 Å². The van der Waals surface area contributed by atoms with E-state index in [1.807, 2.05) is 0 Å². The summed E-state index contributed by atoms with van der Waals surface area (Å²) in [6.45, 7) is 5.45. The van der Waals surface area contributed by atoms with Gasteiger partial charge in [0.25, 0.3) is 0 Å². The molecule has 0 radical (unpaired) electrons. The van der Waals surface area contributed by atoms with E-state index in [0.717, 1.165) is 11.3 Å². The molecule has 6 amide bonds. The van der Waals surface area contributed by atoms with Crippen LogP contribution in [0.2, 0.25) is 0 Å². The quantitative estimate of drug-likeness (QED) is 0.0658. The lowest BCUT2D eigenvalue weighted by Gasteiger charge is -2.32. The van der Waals surface area contributed by atoms with Crippen LogP contribution in [0.5, 0.6) is 0 Å². The van der Waals surface area contributed by atoms with Gasteiger partial charge in [-0.1, -0.05) is 13.8 Å². The summed E-state index contributed by atoms with van der Waals surface area (Å²) >= 11 is 0. The average molecular weight is 768 g/mol. The number of aliphatic hydroxyl groups is 1. The Morgan fingerprint density at radius 1 is 0.685 bits per heavy atom. The van der Waals surface area contributed by atoms with E-state index in [0.29, 0.717) is 25.8 Å². The Balaban J connectivity index is 1.77. The lowest BCUT2D eigenvalue weighted by molar-refractivity contribution is -0.147. The van der Waals surface area contributed by atoms with E-state index in [1.54, 1.807) is 13.8 Å². The predicted molar refractivity (Wildman–Crippen MR) is 186 cm³/mol. The summed E-state index contributed by atoms with van der Waals surface area (Å²) < 4.78 is 0. The maximum atomic E-state index is 13.8. The molecule has 3 fully saturated rings. The maximum absolute atomic E-state index is 13.8. The van der Waals surface area contributed by atoms with E-state index in [2.05, 4.69) is 26.6 Å². The zero-order valence-electron chi connectivity index (χ0n) is 30.7. The minimum absolute atomic E-state index is 0.0426. The standard InChI is InChI=1S/C34H53N7O13/c1-17(2)15-21(37-30(49)23-8-5-14-41(23)33(52)22(16-26(45)46)38-28(47)19-7-4-12-35-19)29(48)36-20(10-11-25(43)44)32(51)40-13-6-9-24(40)31(50)39-27(18(3)42)34(53)54/h17-24,27,35,42H,4-16H2,1-3H3,(H,36,48)(H,37,49)(H,38,47)(H,39,50)(H,43,44)(H,45,46)(H,53,54)/t18-,19+,20+,21+,22+,23+,24+,27+/m1/s1. The van der Waals surface area contributed by atoms with E-state index < -0.39 is 115 Å². The number of hydrogen-bond acceptors (Lipinski definition) is 11. The van der Waals surface area contributed by atoms with Crippen LogP contribution >= 0.6 is 0 Å². The number of carboxylic acid groups (broad SMARTS) is 3. The van der Waals surface area contributed by atoms with Crippen LogP contribution in [0, 0.1) is 5.92 Å². The first-order valence-corrected chi connectivity index (χ1v) is 18.3. The summed E-state index contributed by atoms with van der Waals surface area (Å²) in [6.07, 6.45) is -0.735. The Bertz CT molecular complexity index is 1430. The Morgan fingerprint density at radius 3 is 1.72 bits per heavy atom. The number of nitrogens with zero attached hydrogens (tertiary/aromatic N) is 2. The van der Waals surface area contributed by atoms with Crippen LogP contribution < -0.4 is 26.6 Å². The molecule has 0 aromatic carbocycles. The highest BCUT2D eigenvalue weighted by Gasteiger charge is 2.42. The van der Waals surface area contributed by atoms with Gasteiger partial charge in [-0.25, -0.2) is 4.79 Å². The zero-order valence-corrected chi connectivity index (χ0v) is 30.7. The predicted octanol–water partition coefficient (Wildman–Crippen LogP) is -2.49. The minimum Gasteiger partial charge on any atom is -0.481 e. The molecule has 0 saturated carbocycles. The van der Waals surface area contributed by atoms with E-state index in [4.69, 9.17) is 0 Å². The third kappa shape index (κ3) is 12.1. The molecule has 3 rings (SSSR count). The lowest BCUT2D eigenvalue weighted by atomic mass is 10.0. The van der Waals surface area contributed by atoms with Crippen LogP contribution in [0.3, 0.4) is 0 Å². The van der Waals surface area contributed by atoms with Crippen molar-refractivity contribution in [3.05, 3.63) is 0 Å².